The number of rotatable bonds is 7. The molecule has 1 heterocycles. The first-order valence-corrected chi connectivity index (χ1v) is 12.9. The maximum atomic E-state index is 13.4. The van der Waals surface area contributed by atoms with E-state index in [4.69, 9.17) is 4.74 Å². The van der Waals surface area contributed by atoms with Gasteiger partial charge in [0.25, 0.3) is 0 Å². The molecule has 0 aromatic heterocycles. The van der Waals surface area contributed by atoms with E-state index in [1.54, 1.807) is 20.8 Å². The van der Waals surface area contributed by atoms with Crippen molar-refractivity contribution in [3.05, 3.63) is 94.3 Å². The summed E-state index contributed by atoms with van der Waals surface area (Å²) in [6.07, 6.45) is 1.05. The molecule has 8 heteroatoms. The molecule has 0 radical (unpaired) electrons. The molecular formula is C26H30N2O5S. The van der Waals surface area contributed by atoms with Gasteiger partial charge in [0.1, 0.15) is 6.61 Å². The number of nitrogens with one attached hydrogen (secondary N) is 1. The smallest absolute Gasteiger partial charge is 0.336 e. The number of sulfonamides is 1. The van der Waals surface area contributed by atoms with Crippen molar-refractivity contribution in [2.24, 2.45) is 5.92 Å². The Labute approximate surface area is 201 Å². The fourth-order valence-electron chi connectivity index (χ4n) is 4.32. The van der Waals surface area contributed by atoms with Crippen molar-refractivity contribution in [1.82, 2.24) is 9.62 Å². The van der Waals surface area contributed by atoms with E-state index in [9.17, 15) is 18.0 Å². The summed E-state index contributed by atoms with van der Waals surface area (Å²) in [6.45, 7) is 6.74. The highest BCUT2D eigenvalue weighted by Gasteiger charge is 2.39. The van der Waals surface area contributed by atoms with Gasteiger partial charge in [0, 0.05) is 22.9 Å². The van der Waals surface area contributed by atoms with Crippen LogP contribution in [-0.4, -0.2) is 30.9 Å². The summed E-state index contributed by atoms with van der Waals surface area (Å²) < 4.78 is 31.9. The van der Waals surface area contributed by atoms with Crippen LogP contribution in [0.15, 0.2) is 83.2 Å². The molecule has 0 aliphatic carbocycles. The molecule has 1 aliphatic rings. The van der Waals surface area contributed by atoms with Crippen LogP contribution >= 0.6 is 0 Å². The summed E-state index contributed by atoms with van der Waals surface area (Å²) in [6, 6.07) is 18.3. The number of esters is 1. The molecule has 0 saturated heterocycles. The highest BCUT2D eigenvalue weighted by Crippen LogP contribution is 2.37. The number of benzene rings is 2. The third kappa shape index (κ3) is 5.39. The van der Waals surface area contributed by atoms with Gasteiger partial charge in [-0.2, -0.15) is 0 Å². The van der Waals surface area contributed by atoms with Crippen LogP contribution in [0, 0.1) is 5.92 Å². The lowest BCUT2D eigenvalue weighted by molar-refractivity contribution is -0.141. The molecule has 34 heavy (non-hydrogen) atoms. The molecule has 0 bridgehead atoms. The van der Waals surface area contributed by atoms with Crippen molar-refractivity contribution < 1.29 is 22.7 Å². The zero-order chi connectivity index (χ0) is 25.0. The first-order chi connectivity index (χ1) is 16.0. The van der Waals surface area contributed by atoms with E-state index in [2.05, 4.69) is 5.32 Å². The van der Waals surface area contributed by atoms with E-state index >= 15 is 0 Å². The zero-order valence-corrected chi connectivity index (χ0v) is 20.8. The fourth-order valence-corrected chi connectivity index (χ4v) is 5.52. The number of ether oxygens (including phenoxy) is 1. The summed E-state index contributed by atoms with van der Waals surface area (Å²) in [5, 5.41) is 2.94. The Morgan fingerprint density at radius 3 is 2.06 bits per heavy atom. The number of carbonyl (C=O) groups is 2. The van der Waals surface area contributed by atoms with Crippen molar-refractivity contribution in [2.75, 3.05) is 6.26 Å². The third-order valence-corrected chi connectivity index (χ3v) is 7.12. The van der Waals surface area contributed by atoms with Gasteiger partial charge in [-0.15, -0.1) is 0 Å². The normalized spacial score (nSPS) is 17.4. The van der Waals surface area contributed by atoms with Gasteiger partial charge in [-0.3, -0.25) is 4.79 Å². The van der Waals surface area contributed by atoms with Gasteiger partial charge in [0.2, 0.25) is 15.9 Å². The monoisotopic (exact) mass is 482 g/mol. The minimum Gasteiger partial charge on any atom is -0.457 e. The molecule has 1 aliphatic heterocycles. The van der Waals surface area contributed by atoms with Crippen LogP contribution in [0.25, 0.3) is 0 Å². The lowest BCUT2D eigenvalue weighted by atomic mass is 9.86. The average Bonchev–Trinajstić information content (AvgIpc) is 2.77. The van der Waals surface area contributed by atoms with Crippen LogP contribution in [0.4, 0.5) is 0 Å². The van der Waals surface area contributed by atoms with Crippen molar-refractivity contribution >= 4 is 21.9 Å². The van der Waals surface area contributed by atoms with Crippen molar-refractivity contribution in [3.8, 4) is 0 Å². The molecule has 2 atom stereocenters. The lowest BCUT2D eigenvalue weighted by Gasteiger charge is -2.35. The second-order valence-corrected chi connectivity index (χ2v) is 10.2. The van der Waals surface area contributed by atoms with Crippen molar-refractivity contribution in [1.29, 1.82) is 0 Å². The average molecular weight is 483 g/mol. The molecule has 2 aromatic rings. The molecule has 7 nitrogen and oxygen atoms in total. The highest BCUT2D eigenvalue weighted by atomic mass is 32.2. The molecule has 3 rings (SSSR count). The SMILES string of the molecule is CC1=C(C(=O)N[C@H](C)c2ccccc2)C(C)C(C(=O)OCc2ccccc2)=C(C)N1S(C)(=O)=O. The Kier molecular flexibility index (Phi) is 7.61. The summed E-state index contributed by atoms with van der Waals surface area (Å²) >= 11 is 0. The molecule has 0 spiro atoms. The number of allylic oxidation sites excluding steroid dienone is 2. The predicted molar refractivity (Wildman–Crippen MR) is 130 cm³/mol. The molecular weight excluding hydrogens is 452 g/mol. The lowest BCUT2D eigenvalue weighted by Crippen LogP contribution is -2.40. The first kappa shape index (κ1) is 25.2. The second kappa shape index (κ2) is 10.3. The van der Waals surface area contributed by atoms with E-state index in [0.29, 0.717) is 0 Å². The third-order valence-electron chi connectivity index (χ3n) is 5.91. The Bertz CT molecular complexity index is 1230. The minimum absolute atomic E-state index is 0.0390. The molecule has 0 fully saturated rings. The van der Waals surface area contributed by atoms with Crippen LogP contribution in [0.3, 0.4) is 0 Å². The number of amides is 1. The Morgan fingerprint density at radius 2 is 1.50 bits per heavy atom. The van der Waals surface area contributed by atoms with E-state index in [0.717, 1.165) is 21.7 Å². The Morgan fingerprint density at radius 1 is 0.971 bits per heavy atom. The zero-order valence-electron chi connectivity index (χ0n) is 20.0. The van der Waals surface area contributed by atoms with Gasteiger partial charge in [-0.05, 0) is 31.9 Å². The quantitative estimate of drug-likeness (QED) is 0.601. The van der Waals surface area contributed by atoms with E-state index in [1.807, 2.05) is 67.6 Å². The predicted octanol–water partition coefficient (Wildman–Crippen LogP) is 4.07. The van der Waals surface area contributed by atoms with E-state index in [1.165, 1.54) is 0 Å². The number of hydrogen-bond acceptors (Lipinski definition) is 5. The van der Waals surface area contributed by atoms with Crippen LogP contribution in [0.1, 0.15) is 44.9 Å². The summed E-state index contributed by atoms with van der Waals surface area (Å²) in [5.74, 6) is -1.75. The minimum atomic E-state index is -3.80. The van der Waals surface area contributed by atoms with Gasteiger partial charge in [-0.1, -0.05) is 67.6 Å². The van der Waals surface area contributed by atoms with E-state index < -0.39 is 27.8 Å². The number of carbonyl (C=O) groups excluding carboxylic acids is 2. The summed E-state index contributed by atoms with van der Waals surface area (Å²) in [4.78, 5) is 26.5. The van der Waals surface area contributed by atoms with Gasteiger partial charge in [0.05, 0.1) is 17.9 Å². The topological polar surface area (TPSA) is 92.8 Å². The van der Waals surface area contributed by atoms with E-state index in [-0.39, 0.29) is 35.2 Å². The van der Waals surface area contributed by atoms with Crippen LogP contribution < -0.4 is 5.32 Å². The highest BCUT2D eigenvalue weighted by molar-refractivity contribution is 7.88. The standard InChI is InChI=1S/C26H30N2O5S/c1-17-23(25(29)27-18(2)22-14-10-7-11-15-22)19(3)28(34(5,31)32)20(4)24(17)26(30)33-16-21-12-8-6-9-13-21/h6-15,17-18H,16H2,1-5H3,(H,27,29)/t17?,18-/m1/s1. The molecule has 1 N–H and O–H groups in total. The van der Waals surface area contributed by atoms with Gasteiger partial charge >= 0.3 is 5.97 Å². The van der Waals surface area contributed by atoms with Gasteiger partial charge < -0.3 is 10.1 Å². The van der Waals surface area contributed by atoms with Gasteiger partial charge in [-0.25, -0.2) is 17.5 Å². The first-order valence-electron chi connectivity index (χ1n) is 11.0. The molecule has 180 valence electrons. The molecule has 0 saturated carbocycles. The van der Waals surface area contributed by atoms with Crippen molar-refractivity contribution in [2.45, 2.75) is 40.3 Å². The molecule has 2 aromatic carbocycles. The molecule has 1 unspecified atom stereocenters. The summed E-state index contributed by atoms with van der Waals surface area (Å²) in [7, 11) is -3.80. The maximum absolute atomic E-state index is 13.4. The Hall–Kier alpha value is -3.39. The largest absolute Gasteiger partial charge is 0.457 e. The Balaban J connectivity index is 1.93. The number of nitrogens with zero attached hydrogens (tertiary/aromatic N) is 1. The van der Waals surface area contributed by atoms with Crippen LogP contribution in [-0.2, 0) is 31.0 Å². The second-order valence-electron chi connectivity index (χ2n) is 8.41. The number of hydrogen-bond donors (Lipinski definition) is 1. The van der Waals surface area contributed by atoms with Crippen LogP contribution in [0.2, 0.25) is 0 Å². The fraction of sp³-hybridized carbons (Fsp3) is 0.308. The van der Waals surface area contributed by atoms with Crippen LogP contribution in [0.5, 0.6) is 0 Å². The molecule has 1 amide bonds. The maximum Gasteiger partial charge on any atom is 0.336 e. The van der Waals surface area contributed by atoms with Gasteiger partial charge in [0.15, 0.2) is 0 Å². The summed E-state index contributed by atoms with van der Waals surface area (Å²) in [5.41, 5.74) is 2.57. The van der Waals surface area contributed by atoms with Crippen molar-refractivity contribution in [3.63, 3.8) is 0 Å².